The Morgan fingerprint density at radius 3 is 2.71 bits per heavy atom. The molecular formula is C16H16N2O3. The van der Waals surface area contributed by atoms with E-state index in [0.717, 1.165) is 40.9 Å². The van der Waals surface area contributed by atoms with E-state index in [2.05, 4.69) is 9.88 Å². The molecule has 5 heteroatoms. The highest BCUT2D eigenvalue weighted by atomic mass is 16.7. The summed E-state index contributed by atoms with van der Waals surface area (Å²) in [5, 5.41) is 12.6. The van der Waals surface area contributed by atoms with Crippen molar-refractivity contribution in [2.75, 3.05) is 24.8 Å². The van der Waals surface area contributed by atoms with E-state index in [1.807, 2.05) is 24.4 Å². The van der Waals surface area contributed by atoms with Crippen molar-refractivity contribution >= 4 is 16.6 Å². The number of anilines is 1. The van der Waals surface area contributed by atoms with Crippen LogP contribution < -0.4 is 14.4 Å². The predicted molar refractivity (Wildman–Crippen MR) is 77.8 cm³/mol. The minimum atomic E-state index is -0.500. The first-order valence-electron chi connectivity index (χ1n) is 7.39. The van der Waals surface area contributed by atoms with Gasteiger partial charge in [-0.3, -0.25) is 0 Å². The van der Waals surface area contributed by atoms with E-state index in [1.54, 1.807) is 0 Å². The van der Waals surface area contributed by atoms with Gasteiger partial charge < -0.3 is 19.5 Å². The summed E-state index contributed by atoms with van der Waals surface area (Å²) in [6.07, 6.45) is 4.13. The van der Waals surface area contributed by atoms with Crippen molar-refractivity contribution in [2.45, 2.75) is 18.4 Å². The van der Waals surface area contributed by atoms with Crippen LogP contribution in [0.4, 0.5) is 5.82 Å². The van der Waals surface area contributed by atoms with Crippen LogP contribution in [0.1, 0.15) is 12.8 Å². The van der Waals surface area contributed by atoms with Crippen LogP contribution in [0.15, 0.2) is 24.4 Å². The van der Waals surface area contributed by atoms with Gasteiger partial charge in [-0.05, 0) is 42.3 Å². The predicted octanol–water partition coefficient (Wildman–Crippen LogP) is 1.92. The molecule has 0 amide bonds. The number of β-amino-alcohol motifs (C(OH)–C–C–N with tert-alkyl or cyclic N) is 1. The van der Waals surface area contributed by atoms with Crippen molar-refractivity contribution in [3.63, 3.8) is 0 Å². The largest absolute Gasteiger partial charge is 0.454 e. The number of rotatable bonds is 2. The Hall–Kier alpha value is -2.01. The molecular weight excluding hydrogens is 268 g/mol. The molecule has 5 nitrogen and oxygen atoms in total. The maximum absolute atomic E-state index is 10.5. The normalized spacial score (nSPS) is 22.4. The zero-order valence-electron chi connectivity index (χ0n) is 11.6. The number of nitrogens with zero attached hydrogens (tertiary/aromatic N) is 2. The second kappa shape index (κ2) is 3.80. The molecule has 108 valence electrons. The summed E-state index contributed by atoms with van der Waals surface area (Å²) in [4.78, 5) is 6.67. The summed E-state index contributed by atoms with van der Waals surface area (Å²) in [7, 11) is 0. The fourth-order valence-corrected chi connectivity index (χ4v) is 3.44. The van der Waals surface area contributed by atoms with E-state index in [1.165, 1.54) is 0 Å². The molecule has 1 saturated heterocycles. The first-order chi connectivity index (χ1) is 10.2. The number of hydrogen-bond acceptors (Lipinski definition) is 5. The number of hydrogen-bond donors (Lipinski definition) is 1. The lowest BCUT2D eigenvalue weighted by Gasteiger charge is -2.48. The van der Waals surface area contributed by atoms with Crippen LogP contribution in [0.2, 0.25) is 0 Å². The Kier molecular flexibility index (Phi) is 2.10. The van der Waals surface area contributed by atoms with Crippen molar-refractivity contribution in [3.05, 3.63) is 24.4 Å². The van der Waals surface area contributed by atoms with E-state index in [9.17, 15) is 5.11 Å². The Labute approximate surface area is 122 Å². The molecule has 2 aliphatic heterocycles. The van der Waals surface area contributed by atoms with Gasteiger partial charge in [0.05, 0.1) is 13.1 Å². The molecule has 5 rings (SSSR count). The maximum atomic E-state index is 10.5. The number of ether oxygens (including phenoxy) is 2. The van der Waals surface area contributed by atoms with Gasteiger partial charge in [-0.25, -0.2) is 4.98 Å². The van der Waals surface area contributed by atoms with Crippen LogP contribution in [0.3, 0.4) is 0 Å². The third-order valence-corrected chi connectivity index (χ3v) is 4.80. The van der Waals surface area contributed by atoms with E-state index >= 15 is 0 Å². The first kappa shape index (κ1) is 11.6. The Balaban J connectivity index is 1.55. The topological polar surface area (TPSA) is 54.8 Å². The summed E-state index contributed by atoms with van der Waals surface area (Å²) in [5.41, 5.74) is -0.500. The lowest BCUT2D eigenvalue weighted by molar-refractivity contribution is -0.00957. The molecule has 2 aromatic rings. The van der Waals surface area contributed by atoms with Crippen LogP contribution in [-0.4, -0.2) is 35.6 Å². The third kappa shape index (κ3) is 1.64. The van der Waals surface area contributed by atoms with Crippen LogP contribution in [0, 0.1) is 5.92 Å². The van der Waals surface area contributed by atoms with E-state index in [4.69, 9.17) is 9.47 Å². The van der Waals surface area contributed by atoms with Crippen LogP contribution in [-0.2, 0) is 0 Å². The van der Waals surface area contributed by atoms with E-state index < -0.39 is 5.60 Å². The van der Waals surface area contributed by atoms with E-state index in [0.29, 0.717) is 19.0 Å². The molecule has 0 unspecified atom stereocenters. The van der Waals surface area contributed by atoms with Crippen molar-refractivity contribution < 1.29 is 14.6 Å². The Morgan fingerprint density at radius 2 is 1.95 bits per heavy atom. The van der Waals surface area contributed by atoms with Crippen molar-refractivity contribution in [1.29, 1.82) is 0 Å². The van der Waals surface area contributed by atoms with Crippen molar-refractivity contribution in [1.82, 2.24) is 4.98 Å². The molecule has 1 saturated carbocycles. The zero-order chi connectivity index (χ0) is 14.0. The van der Waals surface area contributed by atoms with Gasteiger partial charge in [-0.1, -0.05) is 0 Å². The molecule has 1 aliphatic carbocycles. The Morgan fingerprint density at radius 1 is 1.19 bits per heavy atom. The number of benzene rings is 1. The average Bonchev–Trinajstić information content (AvgIpc) is 3.21. The molecule has 0 spiro atoms. The summed E-state index contributed by atoms with van der Waals surface area (Å²) < 4.78 is 10.9. The number of aromatic nitrogens is 1. The molecule has 2 fully saturated rings. The monoisotopic (exact) mass is 284 g/mol. The Bertz CT molecular complexity index is 736. The summed E-state index contributed by atoms with van der Waals surface area (Å²) in [5.74, 6) is 2.98. The summed E-state index contributed by atoms with van der Waals surface area (Å²) >= 11 is 0. The van der Waals surface area contributed by atoms with E-state index in [-0.39, 0.29) is 6.79 Å². The van der Waals surface area contributed by atoms with Gasteiger partial charge in [0, 0.05) is 11.6 Å². The quantitative estimate of drug-likeness (QED) is 0.913. The van der Waals surface area contributed by atoms with Gasteiger partial charge in [0.15, 0.2) is 11.5 Å². The van der Waals surface area contributed by atoms with Gasteiger partial charge in [0.1, 0.15) is 11.4 Å². The van der Waals surface area contributed by atoms with Gasteiger partial charge in [0.2, 0.25) is 6.79 Å². The molecule has 0 bridgehead atoms. The minimum Gasteiger partial charge on any atom is -0.454 e. The van der Waals surface area contributed by atoms with Gasteiger partial charge in [-0.15, -0.1) is 0 Å². The molecule has 3 aliphatic rings. The maximum Gasteiger partial charge on any atom is 0.231 e. The van der Waals surface area contributed by atoms with Gasteiger partial charge in [-0.2, -0.15) is 0 Å². The number of pyridine rings is 1. The number of aliphatic hydroxyl groups is 1. The molecule has 1 aromatic carbocycles. The smallest absolute Gasteiger partial charge is 0.231 e. The fraction of sp³-hybridized carbons (Fsp3) is 0.438. The summed E-state index contributed by atoms with van der Waals surface area (Å²) in [6.45, 7) is 1.63. The van der Waals surface area contributed by atoms with Crippen molar-refractivity contribution in [2.24, 2.45) is 5.92 Å². The molecule has 1 N–H and O–H groups in total. The number of fused-ring (bicyclic) bond motifs is 2. The molecule has 0 atom stereocenters. The highest BCUT2D eigenvalue weighted by Gasteiger charge is 2.52. The summed E-state index contributed by atoms with van der Waals surface area (Å²) in [6, 6.07) is 5.97. The average molecular weight is 284 g/mol. The standard InChI is InChI=1S/C16H16N2O3/c19-16(11-1-2-11)7-18(8-16)15-12-6-14-13(20-9-21-14)5-10(12)3-4-17-15/h3-6,11,19H,1-2,7-9H2. The highest BCUT2D eigenvalue weighted by Crippen LogP contribution is 2.47. The van der Waals surface area contributed by atoms with Crippen molar-refractivity contribution in [3.8, 4) is 11.5 Å². The fourth-order valence-electron chi connectivity index (χ4n) is 3.44. The zero-order valence-corrected chi connectivity index (χ0v) is 11.6. The molecule has 1 aromatic heterocycles. The van der Waals surface area contributed by atoms with Gasteiger partial charge >= 0.3 is 0 Å². The minimum absolute atomic E-state index is 0.277. The van der Waals surface area contributed by atoms with Crippen LogP contribution >= 0.6 is 0 Å². The highest BCUT2D eigenvalue weighted by molar-refractivity contribution is 5.95. The second-order valence-corrected chi connectivity index (χ2v) is 6.30. The lowest BCUT2D eigenvalue weighted by atomic mass is 9.88. The van der Waals surface area contributed by atoms with Gasteiger partial charge in [0.25, 0.3) is 0 Å². The molecule has 3 heterocycles. The molecule has 21 heavy (non-hydrogen) atoms. The SMILES string of the molecule is OC1(C2CC2)CN(c2nccc3cc4c(cc23)OCO4)C1. The first-order valence-corrected chi connectivity index (χ1v) is 7.39. The third-order valence-electron chi connectivity index (χ3n) is 4.80. The second-order valence-electron chi connectivity index (χ2n) is 6.30. The molecule has 0 radical (unpaired) electrons. The van der Waals surface area contributed by atoms with Crippen LogP contribution in [0.25, 0.3) is 10.8 Å². The lowest BCUT2D eigenvalue weighted by Crippen LogP contribution is -2.63. The van der Waals surface area contributed by atoms with Crippen LogP contribution in [0.5, 0.6) is 11.5 Å².